The number of aromatic nitrogens is 1. The molecule has 1 fully saturated rings. The van der Waals surface area contributed by atoms with Crippen LogP contribution < -0.4 is 10.2 Å². The van der Waals surface area contributed by atoms with Crippen LogP contribution in [0.25, 0.3) is 10.6 Å². The third-order valence-electron chi connectivity index (χ3n) is 4.52. The van der Waals surface area contributed by atoms with E-state index in [0.29, 0.717) is 22.8 Å². The molecule has 0 aliphatic carbocycles. The van der Waals surface area contributed by atoms with Crippen molar-refractivity contribution in [3.63, 3.8) is 0 Å². The number of para-hydroxylation sites is 1. The lowest BCUT2D eigenvalue weighted by Crippen LogP contribution is -2.38. The van der Waals surface area contributed by atoms with Crippen LogP contribution in [0.15, 0.2) is 60.0 Å². The number of benzene rings is 2. The first-order valence-corrected chi connectivity index (χ1v) is 9.81. The Labute approximate surface area is 165 Å². The van der Waals surface area contributed by atoms with Gasteiger partial charge in [0.2, 0.25) is 11.8 Å². The number of hydrogen-bond acceptors (Lipinski definition) is 4. The van der Waals surface area contributed by atoms with Gasteiger partial charge in [0.05, 0.1) is 18.2 Å². The van der Waals surface area contributed by atoms with Gasteiger partial charge in [0.1, 0.15) is 10.8 Å². The molecule has 2 amide bonds. The molecule has 0 radical (unpaired) electrons. The van der Waals surface area contributed by atoms with Gasteiger partial charge in [-0.15, -0.1) is 11.3 Å². The largest absolute Gasteiger partial charge is 0.351 e. The van der Waals surface area contributed by atoms with Crippen LogP contribution in [-0.2, 0) is 16.0 Å². The van der Waals surface area contributed by atoms with Crippen molar-refractivity contribution in [2.75, 3.05) is 11.4 Å². The van der Waals surface area contributed by atoms with E-state index in [1.165, 1.54) is 23.5 Å². The molecule has 7 heteroatoms. The maximum Gasteiger partial charge on any atom is 0.229 e. The highest BCUT2D eigenvalue weighted by atomic mass is 32.1. The highest BCUT2D eigenvalue weighted by Gasteiger charge is 2.31. The standard InChI is InChI=1S/C21H18FN3O2S/c22-15-6-4-5-14(9-15)21-24-17(13-28-21)10-19(26)23-16-11-20(27)25(12-16)18-7-2-1-3-8-18/h1-9,13,16H,10-12H2,(H,23,26)/t16-/m0/s1. The Kier molecular flexibility index (Phi) is 5.16. The number of thiazole rings is 1. The fraction of sp³-hybridized carbons (Fsp3) is 0.190. The molecule has 1 N–H and O–H groups in total. The number of nitrogens with zero attached hydrogens (tertiary/aromatic N) is 2. The van der Waals surface area contributed by atoms with E-state index in [9.17, 15) is 14.0 Å². The first-order chi connectivity index (χ1) is 13.6. The third kappa shape index (κ3) is 4.09. The Morgan fingerprint density at radius 2 is 2.04 bits per heavy atom. The van der Waals surface area contributed by atoms with Crippen molar-refractivity contribution in [2.45, 2.75) is 18.9 Å². The minimum atomic E-state index is -0.319. The quantitative estimate of drug-likeness (QED) is 0.720. The molecule has 5 nitrogen and oxygen atoms in total. The lowest BCUT2D eigenvalue weighted by atomic mass is 10.2. The predicted octanol–water partition coefficient (Wildman–Crippen LogP) is 3.41. The molecule has 3 aromatic rings. The summed E-state index contributed by atoms with van der Waals surface area (Å²) in [7, 11) is 0. The van der Waals surface area contributed by atoms with E-state index in [0.717, 1.165) is 5.69 Å². The van der Waals surface area contributed by atoms with E-state index in [1.807, 2.05) is 30.3 Å². The number of amides is 2. The molecular weight excluding hydrogens is 377 g/mol. The SMILES string of the molecule is O=C(Cc1csc(-c2cccc(F)c2)n1)N[C@H]1CC(=O)N(c2ccccc2)C1. The molecular formula is C21H18FN3O2S. The highest BCUT2D eigenvalue weighted by molar-refractivity contribution is 7.13. The summed E-state index contributed by atoms with van der Waals surface area (Å²) >= 11 is 1.37. The monoisotopic (exact) mass is 395 g/mol. The van der Waals surface area contributed by atoms with Crippen molar-refractivity contribution >= 4 is 28.8 Å². The minimum absolute atomic E-state index is 0.00134. The first kappa shape index (κ1) is 18.3. The molecule has 142 valence electrons. The smallest absolute Gasteiger partial charge is 0.229 e. The Morgan fingerprint density at radius 3 is 2.82 bits per heavy atom. The van der Waals surface area contributed by atoms with Gasteiger partial charge in [0, 0.05) is 29.6 Å². The maximum atomic E-state index is 13.4. The predicted molar refractivity (Wildman–Crippen MR) is 107 cm³/mol. The number of carbonyl (C=O) groups excluding carboxylic acids is 2. The average Bonchev–Trinajstić information content (AvgIpc) is 3.29. The van der Waals surface area contributed by atoms with Gasteiger partial charge >= 0.3 is 0 Å². The normalized spacial score (nSPS) is 16.4. The Hall–Kier alpha value is -3.06. The molecule has 0 bridgehead atoms. The zero-order valence-corrected chi connectivity index (χ0v) is 15.8. The maximum absolute atomic E-state index is 13.4. The van der Waals surface area contributed by atoms with Gasteiger partial charge in [0.15, 0.2) is 0 Å². The van der Waals surface area contributed by atoms with Crippen LogP contribution >= 0.6 is 11.3 Å². The lowest BCUT2D eigenvalue weighted by Gasteiger charge is -2.17. The van der Waals surface area contributed by atoms with E-state index in [1.54, 1.807) is 22.4 Å². The molecule has 1 aromatic heterocycles. The third-order valence-corrected chi connectivity index (χ3v) is 5.46. The molecule has 1 saturated heterocycles. The molecule has 1 atom stereocenters. The van der Waals surface area contributed by atoms with Gasteiger partial charge in [0.25, 0.3) is 0 Å². The second-order valence-electron chi connectivity index (χ2n) is 6.64. The molecule has 0 saturated carbocycles. The van der Waals surface area contributed by atoms with E-state index < -0.39 is 0 Å². The van der Waals surface area contributed by atoms with Gasteiger partial charge in [-0.05, 0) is 24.3 Å². The van der Waals surface area contributed by atoms with Crippen LogP contribution in [-0.4, -0.2) is 29.4 Å². The fourth-order valence-electron chi connectivity index (χ4n) is 3.25. The van der Waals surface area contributed by atoms with Gasteiger partial charge in [-0.3, -0.25) is 9.59 Å². The van der Waals surface area contributed by atoms with E-state index in [4.69, 9.17) is 0 Å². The molecule has 2 heterocycles. The second kappa shape index (κ2) is 7.90. The molecule has 28 heavy (non-hydrogen) atoms. The summed E-state index contributed by atoms with van der Waals surface area (Å²) in [4.78, 5) is 30.7. The summed E-state index contributed by atoms with van der Waals surface area (Å²) in [6.45, 7) is 0.459. The van der Waals surface area contributed by atoms with Crippen molar-refractivity contribution < 1.29 is 14.0 Å². The lowest BCUT2D eigenvalue weighted by molar-refractivity contribution is -0.121. The number of halogens is 1. The van der Waals surface area contributed by atoms with Gasteiger partial charge in [-0.1, -0.05) is 30.3 Å². The number of rotatable bonds is 5. The van der Waals surface area contributed by atoms with Crippen molar-refractivity contribution in [1.82, 2.24) is 10.3 Å². The van der Waals surface area contributed by atoms with Crippen LogP contribution in [0.2, 0.25) is 0 Å². The van der Waals surface area contributed by atoms with Crippen LogP contribution in [0.4, 0.5) is 10.1 Å². The Balaban J connectivity index is 1.36. The highest BCUT2D eigenvalue weighted by Crippen LogP contribution is 2.25. The summed E-state index contributed by atoms with van der Waals surface area (Å²) in [5.74, 6) is -0.497. The van der Waals surface area contributed by atoms with Gasteiger partial charge < -0.3 is 10.2 Å². The number of hydrogen-bond donors (Lipinski definition) is 1. The molecule has 4 rings (SSSR count). The second-order valence-corrected chi connectivity index (χ2v) is 7.50. The van der Waals surface area contributed by atoms with Crippen molar-refractivity contribution in [3.8, 4) is 10.6 Å². The summed E-state index contributed by atoms with van der Waals surface area (Å²) in [5, 5.41) is 5.39. The van der Waals surface area contributed by atoms with E-state index >= 15 is 0 Å². The van der Waals surface area contributed by atoms with Crippen molar-refractivity contribution in [2.24, 2.45) is 0 Å². The zero-order valence-electron chi connectivity index (χ0n) is 15.0. The molecule has 0 spiro atoms. The number of carbonyl (C=O) groups is 2. The molecule has 0 unspecified atom stereocenters. The number of anilines is 1. The van der Waals surface area contributed by atoms with Crippen LogP contribution in [0, 0.1) is 5.82 Å². The van der Waals surface area contributed by atoms with Crippen LogP contribution in [0.1, 0.15) is 12.1 Å². The first-order valence-electron chi connectivity index (χ1n) is 8.93. The molecule has 1 aliphatic heterocycles. The average molecular weight is 395 g/mol. The zero-order chi connectivity index (χ0) is 19.5. The topological polar surface area (TPSA) is 62.3 Å². The van der Waals surface area contributed by atoms with Gasteiger partial charge in [-0.25, -0.2) is 9.37 Å². The number of nitrogens with one attached hydrogen (secondary N) is 1. The van der Waals surface area contributed by atoms with Crippen LogP contribution in [0.5, 0.6) is 0 Å². The molecule has 1 aliphatic rings. The minimum Gasteiger partial charge on any atom is -0.351 e. The van der Waals surface area contributed by atoms with E-state index in [-0.39, 0.29) is 36.5 Å². The summed E-state index contributed by atoms with van der Waals surface area (Å²) < 4.78 is 13.4. The summed E-state index contributed by atoms with van der Waals surface area (Å²) in [5.41, 5.74) is 2.16. The van der Waals surface area contributed by atoms with Gasteiger partial charge in [-0.2, -0.15) is 0 Å². The van der Waals surface area contributed by atoms with Crippen LogP contribution in [0.3, 0.4) is 0 Å². The fourth-order valence-corrected chi connectivity index (χ4v) is 4.06. The summed E-state index contributed by atoms with van der Waals surface area (Å²) in [6.07, 6.45) is 0.411. The van der Waals surface area contributed by atoms with Crippen molar-refractivity contribution in [1.29, 1.82) is 0 Å². The summed E-state index contributed by atoms with van der Waals surface area (Å²) in [6, 6.07) is 15.4. The Bertz CT molecular complexity index is 1010. The molecule has 2 aromatic carbocycles. The Morgan fingerprint density at radius 1 is 1.21 bits per heavy atom. The van der Waals surface area contributed by atoms with E-state index in [2.05, 4.69) is 10.3 Å². The van der Waals surface area contributed by atoms with Crippen molar-refractivity contribution in [3.05, 3.63) is 71.5 Å².